The van der Waals surface area contributed by atoms with Gasteiger partial charge in [-0.15, -0.1) is 0 Å². The van der Waals surface area contributed by atoms with E-state index in [0.717, 1.165) is 11.4 Å². The normalized spacial score (nSPS) is 10.5. The predicted octanol–water partition coefficient (Wildman–Crippen LogP) is 3.65. The predicted molar refractivity (Wildman–Crippen MR) is 71.8 cm³/mol. The van der Waals surface area contributed by atoms with Gasteiger partial charge in [0.25, 0.3) is 0 Å². The molecule has 1 aromatic heterocycles. The van der Waals surface area contributed by atoms with Gasteiger partial charge in [0.15, 0.2) is 5.78 Å². The maximum Gasteiger partial charge on any atom is 0.161 e. The molecule has 0 saturated heterocycles. The topological polar surface area (TPSA) is 33.5 Å². The van der Waals surface area contributed by atoms with Gasteiger partial charge in [0.2, 0.25) is 0 Å². The molecule has 2 rings (SSSR count). The molecule has 0 N–H and O–H groups in total. The zero-order valence-corrected chi connectivity index (χ0v) is 11.0. The van der Waals surface area contributed by atoms with Crippen molar-refractivity contribution in [2.45, 2.75) is 20.4 Å². The molecule has 0 fully saturated rings. The minimum Gasteiger partial charge on any atom is -0.467 e. The van der Waals surface area contributed by atoms with Gasteiger partial charge in [0.05, 0.1) is 12.8 Å². The van der Waals surface area contributed by atoms with E-state index in [1.165, 1.54) is 19.1 Å². The summed E-state index contributed by atoms with van der Waals surface area (Å²) in [6, 6.07) is 7.98. The van der Waals surface area contributed by atoms with Gasteiger partial charge in [0.1, 0.15) is 11.6 Å². The first-order chi connectivity index (χ1) is 9.11. The van der Waals surface area contributed by atoms with Crippen LogP contribution in [0.4, 0.5) is 10.1 Å². The van der Waals surface area contributed by atoms with E-state index >= 15 is 0 Å². The highest BCUT2D eigenvalue weighted by Gasteiger charge is 2.15. The first-order valence-corrected chi connectivity index (χ1v) is 6.19. The van der Waals surface area contributed by atoms with Crippen molar-refractivity contribution in [1.82, 2.24) is 0 Å². The summed E-state index contributed by atoms with van der Waals surface area (Å²) >= 11 is 0. The standard InChI is InChI=1S/C15H16FNO2/c1-3-17(10-13-5-4-8-19-13)15-7-6-12(16)9-14(15)11(2)18/h4-9H,3,10H2,1-2H3. The fourth-order valence-electron chi connectivity index (χ4n) is 2.02. The zero-order chi connectivity index (χ0) is 13.8. The summed E-state index contributed by atoms with van der Waals surface area (Å²) in [5.74, 6) is 0.260. The van der Waals surface area contributed by atoms with Gasteiger partial charge < -0.3 is 9.32 Å². The number of carbonyl (C=O) groups excluding carboxylic acids is 1. The van der Waals surface area contributed by atoms with E-state index in [1.54, 1.807) is 12.3 Å². The Morgan fingerprint density at radius 3 is 2.74 bits per heavy atom. The van der Waals surface area contributed by atoms with Gasteiger partial charge in [0, 0.05) is 17.8 Å². The number of carbonyl (C=O) groups is 1. The van der Waals surface area contributed by atoms with Crippen molar-refractivity contribution in [3.8, 4) is 0 Å². The van der Waals surface area contributed by atoms with Crippen molar-refractivity contribution < 1.29 is 13.6 Å². The Hall–Kier alpha value is -2.10. The molecule has 0 aliphatic carbocycles. The van der Waals surface area contributed by atoms with Crippen molar-refractivity contribution in [3.63, 3.8) is 0 Å². The van der Waals surface area contributed by atoms with Crippen LogP contribution in [0.1, 0.15) is 30.0 Å². The second-order valence-corrected chi connectivity index (χ2v) is 4.31. The van der Waals surface area contributed by atoms with Crippen LogP contribution in [0.2, 0.25) is 0 Å². The lowest BCUT2D eigenvalue weighted by atomic mass is 10.1. The molecule has 0 unspecified atom stereocenters. The molecule has 0 atom stereocenters. The van der Waals surface area contributed by atoms with Gasteiger partial charge in [-0.1, -0.05) is 0 Å². The van der Waals surface area contributed by atoms with Gasteiger partial charge in [-0.25, -0.2) is 4.39 Å². The van der Waals surface area contributed by atoms with Gasteiger partial charge in [-0.3, -0.25) is 4.79 Å². The van der Waals surface area contributed by atoms with Gasteiger partial charge in [-0.2, -0.15) is 0 Å². The van der Waals surface area contributed by atoms with Crippen molar-refractivity contribution in [1.29, 1.82) is 0 Å². The number of anilines is 1. The maximum atomic E-state index is 13.3. The third-order valence-corrected chi connectivity index (χ3v) is 2.99. The number of hydrogen-bond acceptors (Lipinski definition) is 3. The second-order valence-electron chi connectivity index (χ2n) is 4.31. The number of ketones is 1. The van der Waals surface area contributed by atoms with Crippen LogP contribution >= 0.6 is 0 Å². The zero-order valence-electron chi connectivity index (χ0n) is 11.0. The summed E-state index contributed by atoms with van der Waals surface area (Å²) in [7, 11) is 0. The average Bonchev–Trinajstić information content (AvgIpc) is 2.89. The van der Waals surface area contributed by atoms with Gasteiger partial charge >= 0.3 is 0 Å². The second kappa shape index (κ2) is 5.69. The lowest BCUT2D eigenvalue weighted by Gasteiger charge is -2.24. The molecule has 1 heterocycles. The Balaban J connectivity index is 2.35. The minimum absolute atomic E-state index is 0.146. The number of benzene rings is 1. The lowest BCUT2D eigenvalue weighted by Crippen LogP contribution is -2.23. The Bertz CT molecular complexity index is 564. The molecule has 2 aromatic rings. The third kappa shape index (κ3) is 3.02. The molecule has 0 aliphatic rings. The molecule has 100 valence electrons. The molecule has 0 saturated carbocycles. The van der Waals surface area contributed by atoms with Crippen LogP contribution in [0.5, 0.6) is 0 Å². The minimum atomic E-state index is -0.400. The van der Waals surface area contributed by atoms with Crippen molar-refractivity contribution in [3.05, 3.63) is 53.7 Å². The van der Waals surface area contributed by atoms with Crippen molar-refractivity contribution in [2.24, 2.45) is 0 Å². The van der Waals surface area contributed by atoms with Crippen LogP contribution < -0.4 is 4.90 Å². The third-order valence-electron chi connectivity index (χ3n) is 2.99. The molecular weight excluding hydrogens is 245 g/mol. The largest absolute Gasteiger partial charge is 0.467 e. The molecule has 1 aromatic carbocycles. The van der Waals surface area contributed by atoms with E-state index in [2.05, 4.69) is 0 Å². The Morgan fingerprint density at radius 2 is 2.16 bits per heavy atom. The SMILES string of the molecule is CCN(Cc1ccco1)c1ccc(F)cc1C(C)=O. The van der Waals surface area contributed by atoms with E-state index in [4.69, 9.17) is 4.42 Å². The Kier molecular flexibility index (Phi) is 4.00. The van der Waals surface area contributed by atoms with Gasteiger partial charge in [-0.05, 0) is 44.2 Å². The molecule has 4 heteroatoms. The van der Waals surface area contributed by atoms with Crippen LogP contribution in [-0.2, 0) is 6.54 Å². The number of rotatable bonds is 5. The Morgan fingerprint density at radius 1 is 1.37 bits per heavy atom. The van der Waals surface area contributed by atoms with Crippen LogP contribution in [0.25, 0.3) is 0 Å². The first-order valence-electron chi connectivity index (χ1n) is 6.19. The summed E-state index contributed by atoms with van der Waals surface area (Å²) in [5.41, 5.74) is 1.13. The molecular formula is C15H16FNO2. The number of nitrogens with zero attached hydrogens (tertiary/aromatic N) is 1. The van der Waals surface area contributed by atoms with Crippen LogP contribution in [-0.4, -0.2) is 12.3 Å². The molecule has 0 radical (unpaired) electrons. The fraction of sp³-hybridized carbons (Fsp3) is 0.267. The number of Topliss-reactive ketones (excluding diaryl/α,β-unsaturated/α-hetero) is 1. The number of hydrogen-bond donors (Lipinski definition) is 0. The van der Waals surface area contributed by atoms with E-state index in [1.807, 2.05) is 24.0 Å². The van der Waals surface area contributed by atoms with Crippen molar-refractivity contribution >= 4 is 11.5 Å². The maximum absolute atomic E-state index is 13.3. The van der Waals surface area contributed by atoms with Crippen molar-refractivity contribution in [2.75, 3.05) is 11.4 Å². The van der Waals surface area contributed by atoms with Crippen LogP contribution in [0.3, 0.4) is 0 Å². The highest BCUT2D eigenvalue weighted by atomic mass is 19.1. The highest BCUT2D eigenvalue weighted by molar-refractivity contribution is 5.99. The summed E-state index contributed by atoms with van der Waals surface area (Å²) < 4.78 is 18.6. The molecule has 19 heavy (non-hydrogen) atoms. The molecule has 0 aliphatic heterocycles. The quantitative estimate of drug-likeness (QED) is 0.770. The first kappa shape index (κ1) is 13.3. The fourth-order valence-corrected chi connectivity index (χ4v) is 2.02. The molecule has 0 bridgehead atoms. The van der Waals surface area contributed by atoms with Crippen LogP contribution in [0.15, 0.2) is 41.0 Å². The monoisotopic (exact) mass is 261 g/mol. The van der Waals surface area contributed by atoms with E-state index in [0.29, 0.717) is 18.7 Å². The molecule has 0 spiro atoms. The summed E-state index contributed by atoms with van der Waals surface area (Å²) in [5, 5.41) is 0. The lowest BCUT2D eigenvalue weighted by molar-refractivity contribution is 0.101. The van der Waals surface area contributed by atoms with Crippen LogP contribution in [0, 0.1) is 5.82 Å². The summed E-state index contributed by atoms with van der Waals surface area (Å²) in [6.45, 7) is 4.68. The molecule has 0 amide bonds. The highest BCUT2D eigenvalue weighted by Crippen LogP contribution is 2.24. The number of furan rings is 1. The summed E-state index contributed by atoms with van der Waals surface area (Å²) in [4.78, 5) is 13.6. The summed E-state index contributed by atoms with van der Waals surface area (Å²) in [6.07, 6.45) is 1.61. The number of halogens is 1. The average molecular weight is 261 g/mol. The molecule has 3 nitrogen and oxygen atoms in total. The Labute approximate surface area is 111 Å². The van der Waals surface area contributed by atoms with E-state index in [-0.39, 0.29) is 5.78 Å². The smallest absolute Gasteiger partial charge is 0.161 e. The van der Waals surface area contributed by atoms with E-state index in [9.17, 15) is 9.18 Å². The van der Waals surface area contributed by atoms with E-state index < -0.39 is 5.82 Å².